The molecule has 0 radical (unpaired) electrons. The van der Waals surface area contributed by atoms with Gasteiger partial charge in [0, 0.05) is 18.7 Å². The third-order valence-corrected chi connectivity index (χ3v) is 3.06. The van der Waals surface area contributed by atoms with Crippen LogP contribution >= 0.6 is 0 Å². The highest BCUT2D eigenvalue weighted by Gasteiger charge is 2.21. The van der Waals surface area contributed by atoms with Crippen molar-refractivity contribution in [2.45, 2.75) is 20.8 Å². The summed E-state index contributed by atoms with van der Waals surface area (Å²) in [4.78, 5) is 18.3. The highest BCUT2D eigenvalue weighted by Crippen LogP contribution is 2.22. The van der Waals surface area contributed by atoms with E-state index in [4.69, 9.17) is 4.42 Å². The maximum absolute atomic E-state index is 12.3. The van der Waals surface area contributed by atoms with Gasteiger partial charge in [0.25, 0.3) is 5.91 Å². The number of rotatable bonds is 4. The summed E-state index contributed by atoms with van der Waals surface area (Å²) >= 11 is 0. The number of benzene rings is 1. The molecule has 19 heavy (non-hydrogen) atoms. The largest absolute Gasteiger partial charge is 0.431 e. The molecule has 1 aromatic heterocycles. The maximum atomic E-state index is 12.3. The second-order valence-corrected chi connectivity index (χ2v) is 4.28. The van der Waals surface area contributed by atoms with Crippen LogP contribution in [0.2, 0.25) is 0 Å². The number of oxazole rings is 1. The van der Waals surface area contributed by atoms with Gasteiger partial charge in [0.05, 0.1) is 5.69 Å². The van der Waals surface area contributed by atoms with Crippen LogP contribution in [-0.4, -0.2) is 28.9 Å². The second-order valence-electron chi connectivity index (χ2n) is 4.28. The highest BCUT2D eigenvalue weighted by molar-refractivity contribution is 5.92. The molecule has 1 aromatic carbocycles. The zero-order valence-corrected chi connectivity index (χ0v) is 11.5. The van der Waals surface area contributed by atoms with E-state index in [9.17, 15) is 4.79 Å². The Morgan fingerprint density at radius 2 is 1.84 bits per heavy atom. The van der Waals surface area contributed by atoms with E-state index in [1.54, 1.807) is 11.8 Å². The third-order valence-electron chi connectivity index (χ3n) is 3.06. The van der Waals surface area contributed by atoms with E-state index >= 15 is 0 Å². The first-order valence-electron chi connectivity index (χ1n) is 6.49. The number of aryl methyl sites for hydroxylation is 1. The molecule has 0 spiro atoms. The molecule has 2 aromatic rings. The Hall–Kier alpha value is -2.10. The molecule has 0 saturated heterocycles. The zero-order chi connectivity index (χ0) is 13.8. The average molecular weight is 258 g/mol. The van der Waals surface area contributed by atoms with Gasteiger partial charge < -0.3 is 9.32 Å². The zero-order valence-electron chi connectivity index (χ0n) is 11.5. The Kier molecular flexibility index (Phi) is 4.00. The third kappa shape index (κ3) is 2.67. The standard InChI is InChI=1S/C15H18N2O2/c1-4-17(5-2)15(18)13-11(3)16-14(19-13)12-9-7-6-8-10-12/h6-10H,4-5H2,1-3H3. The number of carbonyl (C=O) groups is 1. The lowest BCUT2D eigenvalue weighted by Crippen LogP contribution is -2.30. The Balaban J connectivity index is 2.34. The van der Waals surface area contributed by atoms with Crippen LogP contribution in [0.5, 0.6) is 0 Å². The maximum Gasteiger partial charge on any atom is 0.291 e. The fourth-order valence-corrected chi connectivity index (χ4v) is 1.95. The summed E-state index contributed by atoms with van der Waals surface area (Å²) in [6.45, 7) is 7.02. The van der Waals surface area contributed by atoms with Gasteiger partial charge in [-0.05, 0) is 32.9 Å². The monoisotopic (exact) mass is 258 g/mol. The summed E-state index contributed by atoms with van der Waals surface area (Å²) in [5.41, 5.74) is 1.51. The molecule has 4 nitrogen and oxygen atoms in total. The molecule has 4 heteroatoms. The van der Waals surface area contributed by atoms with Crippen molar-refractivity contribution >= 4 is 5.91 Å². The van der Waals surface area contributed by atoms with Crippen molar-refractivity contribution in [3.05, 3.63) is 41.8 Å². The van der Waals surface area contributed by atoms with Crippen LogP contribution in [0.25, 0.3) is 11.5 Å². The minimum absolute atomic E-state index is 0.0998. The summed E-state index contributed by atoms with van der Waals surface area (Å²) < 4.78 is 5.64. The molecular weight excluding hydrogens is 240 g/mol. The van der Waals surface area contributed by atoms with Crippen molar-refractivity contribution in [1.29, 1.82) is 0 Å². The lowest BCUT2D eigenvalue weighted by molar-refractivity contribution is 0.0741. The fraction of sp³-hybridized carbons (Fsp3) is 0.333. The predicted molar refractivity (Wildman–Crippen MR) is 73.9 cm³/mol. The number of hydrogen-bond acceptors (Lipinski definition) is 3. The van der Waals surface area contributed by atoms with E-state index < -0.39 is 0 Å². The molecular formula is C15H18N2O2. The molecule has 0 aliphatic heterocycles. The highest BCUT2D eigenvalue weighted by atomic mass is 16.4. The first kappa shape index (κ1) is 13.3. The fourth-order valence-electron chi connectivity index (χ4n) is 1.95. The number of hydrogen-bond donors (Lipinski definition) is 0. The van der Waals surface area contributed by atoms with Crippen molar-refractivity contribution in [2.75, 3.05) is 13.1 Å². The van der Waals surface area contributed by atoms with Crippen molar-refractivity contribution in [2.24, 2.45) is 0 Å². The van der Waals surface area contributed by atoms with Gasteiger partial charge in [-0.1, -0.05) is 18.2 Å². The van der Waals surface area contributed by atoms with Gasteiger partial charge in [-0.3, -0.25) is 4.79 Å². The SMILES string of the molecule is CCN(CC)C(=O)c1oc(-c2ccccc2)nc1C. The van der Waals surface area contributed by atoms with Crippen LogP contribution in [-0.2, 0) is 0 Å². The van der Waals surface area contributed by atoms with Crippen LogP contribution < -0.4 is 0 Å². The molecule has 0 unspecified atom stereocenters. The van der Waals surface area contributed by atoms with E-state index in [0.717, 1.165) is 5.56 Å². The molecule has 0 N–H and O–H groups in total. The van der Waals surface area contributed by atoms with Crippen LogP contribution in [0.4, 0.5) is 0 Å². The van der Waals surface area contributed by atoms with E-state index in [2.05, 4.69) is 4.98 Å². The lowest BCUT2D eigenvalue weighted by atomic mass is 10.2. The van der Waals surface area contributed by atoms with Gasteiger partial charge >= 0.3 is 0 Å². The minimum Gasteiger partial charge on any atom is -0.431 e. The van der Waals surface area contributed by atoms with Crippen molar-refractivity contribution < 1.29 is 9.21 Å². The summed E-state index contributed by atoms with van der Waals surface area (Å²) in [6, 6.07) is 9.59. The predicted octanol–water partition coefficient (Wildman–Crippen LogP) is 3.13. The summed E-state index contributed by atoms with van der Waals surface area (Å²) in [6.07, 6.45) is 0. The molecule has 0 fully saturated rings. The van der Waals surface area contributed by atoms with E-state index in [-0.39, 0.29) is 5.91 Å². The van der Waals surface area contributed by atoms with Gasteiger partial charge in [0.1, 0.15) is 0 Å². The molecule has 0 aliphatic carbocycles. The number of nitrogens with zero attached hydrogens (tertiary/aromatic N) is 2. The number of amides is 1. The van der Waals surface area contributed by atoms with Gasteiger partial charge in [-0.15, -0.1) is 0 Å². The molecule has 100 valence electrons. The van der Waals surface area contributed by atoms with Crippen molar-refractivity contribution in [3.8, 4) is 11.5 Å². The Morgan fingerprint density at radius 3 is 2.42 bits per heavy atom. The van der Waals surface area contributed by atoms with Crippen LogP contribution in [0.3, 0.4) is 0 Å². The minimum atomic E-state index is -0.0998. The lowest BCUT2D eigenvalue weighted by Gasteiger charge is -2.16. The topological polar surface area (TPSA) is 46.3 Å². The van der Waals surface area contributed by atoms with E-state index in [0.29, 0.717) is 30.4 Å². The summed E-state index contributed by atoms with van der Waals surface area (Å²) in [7, 11) is 0. The van der Waals surface area contributed by atoms with Gasteiger partial charge in [-0.25, -0.2) is 4.98 Å². The van der Waals surface area contributed by atoms with Gasteiger partial charge in [0.15, 0.2) is 0 Å². The molecule has 0 atom stereocenters. The summed E-state index contributed by atoms with van der Waals surface area (Å²) in [5, 5.41) is 0. The summed E-state index contributed by atoms with van der Waals surface area (Å²) in [5.74, 6) is 0.730. The molecule has 0 bridgehead atoms. The molecule has 0 saturated carbocycles. The van der Waals surface area contributed by atoms with Crippen LogP contribution in [0.15, 0.2) is 34.7 Å². The molecule has 1 heterocycles. The molecule has 0 aliphatic rings. The second kappa shape index (κ2) is 5.69. The van der Waals surface area contributed by atoms with E-state index in [1.807, 2.05) is 44.2 Å². The number of carbonyl (C=O) groups excluding carboxylic acids is 1. The molecule has 2 rings (SSSR count). The van der Waals surface area contributed by atoms with Gasteiger partial charge in [0.2, 0.25) is 11.7 Å². The number of aromatic nitrogens is 1. The Labute approximate surface area is 113 Å². The van der Waals surface area contributed by atoms with E-state index in [1.165, 1.54) is 0 Å². The average Bonchev–Trinajstić information content (AvgIpc) is 2.83. The normalized spacial score (nSPS) is 10.5. The van der Waals surface area contributed by atoms with Gasteiger partial charge in [-0.2, -0.15) is 0 Å². The molecule has 1 amide bonds. The Morgan fingerprint density at radius 1 is 1.21 bits per heavy atom. The van der Waals surface area contributed by atoms with Crippen LogP contribution in [0, 0.1) is 6.92 Å². The first-order chi connectivity index (χ1) is 9.17. The quantitative estimate of drug-likeness (QED) is 0.846. The van der Waals surface area contributed by atoms with Crippen molar-refractivity contribution in [1.82, 2.24) is 9.88 Å². The Bertz CT molecular complexity index is 557. The van der Waals surface area contributed by atoms with Crippen LogP contribution in [0.1, 0.15) is 30.1 Å². The smallest absolute Gasteiger partial charge is 0.291 e. The van der Waals surface area contributed by atoms with Crippen molar-refractivity contribution in [3.63, 3.8) is 0 Å². The first-order valence-corrected chi connectivity index (χ1v) is 6.49.